The normalized spacial score (nSPS) is 13.2. The van der Waals surface area contributed by atoms with Crippen LogP contribution in [0, 0.1) is 5.82 Å². The van der Waals surface area contributed by atoms with Crippen LogP contribution in [0.25, 0.3) is 11.0 Å². The SMILES string of the molecule is CC(Cc1ccc2occ(F)c2c1)NC(=O)OC(C)(C)C. The third-order valence-corrected chi connectivity index (χ3v) is 2.90. The summed E-state index contributed by atoms with van der Waals surface area (Å²) in [4.78, 5) is 11.7. The molecular weight excluding hydrogens is 273 g/mol. The zero-order valence-electron chi connectivity index (χ0n) is 12.7. The number of amides is 1. The number of ether oxygens (including phenoxy) is 1. The molecule has 0 aliphatic carbocycles. The molecule has 0 saturated heterocycles. The molecule has 1 heterocycles. The van der Waals surface area contributed by atoms with Crippen LogP contribution in [0.2, 0.25) is 0 Å². The Kier molecular flexibility index (Phi) is 4.21. The predicted molar refractivity (Wildman–Crippen MR) is 78.7 cm³/mol. The fourth-order valence-electron chi connectivity index (χ4n) is 2.09. The van der Waals surface area contributed by atoms with Gasteiger partial charge in [-0.05, 0) is 51.8 Å². The van der Waals surface area contributed by atoms with Crippen LogP contribution in [-0.4, -0.2) is 17.7 Å². The standard InChI is InChI=1S/C16H20FNO3/c1-10(18-15(19)21-16(2,3)4)7-11-5-6-14-12(8-11)13(17)9-20-14/h5-6,8-10H,7H2,1-4H3,(H,18,19). The maximum Gasteiger partial charge on any atom is 0.407 e. The molecule has 1 amide bonds. The molecule has 1 aromatic heterocycles. The summed E-state index contributed by atoms with van der Waals surface area (Å²) in [5.41, 5.74) is 0.915. The summed E-state index contributed by atoms with van der Waals surface area (Å²) in [6, 6.07) is 5.21. The smallest absolute Gasteiger partial charge is 0.407 e. The van der Waals surface area contributed by atoms with Crippen LogP contribution in [-0.2, 0) is 11.2 Å². The van der Waals surface area contributed by atoms with Gasteiger partial charge in [0.1, 0.15) is 17.4 Å². The maximum atomic E-state index is 13.5. The molecule has 4 nitrogen and oxygen atoms in total. The zero-order chi connectivity index (χ0) is 15.6. The molecule has 2 aromatic rings. The lowest BCUT2D eigenvalue weighted by molar-refractivity contribution is 0.0508. The van der Waals surface area contributed by atoms with Gasteiger partial charge in [0, 0.05) is 6.04 Å². The van der Waals surface area contributed by atoms with Crippen LogP contribution >= 0.6 is 0 Å². The first kappa shape index (κ1) is 15.4. The van der Waals surface area contributed by atoms with Crippen molar-refractivity contribution in [1.29, 1.82) is 0 Å². The summed E-state index contributed by atoms with van der Waals surface area (Å²) in [5, 5.41) is 3.22. The van der Waals surface area contributed by atoms with E-state index in [1.54, 1.807) is 12.1 Å². The van der Waals surface area contributed by atoms with Crippen molar-refractivity contribution in [2.75, 3.05) is 0 Å². The van der Waals surface area contributed by atoms with Crippen LogP contribution in [0.1, 0.15) is 33.3 Å². The van der Waals surface area contributed by atoms with Crippen LogP contribution in [0.3, 0.4) is 0 Å². The van der Waals surface area contributed by atoms with Gasteiger partial charge >= 0.3 is 6.09 Å². The molecule has 114 valence electrons. The molecule has 0 bridgehead atoms. The third kappa shape index (κ3) is 4.21. The zero-order valence-corrected chi connectivity index (χ0v) is 12.7. The third-order valence-electron chi connectivity index (χ3n) is 2.90. The Morgan fingerprint density at radius 1 is 1.43 bits per heavy atom. The first-order valence-electron chi connectivity index (χ1n) is 6.90. The van der Waals surface area contributed by atoms with Crippen molar-refractivity contribution in [3.8, 4) is 0 Å². The van der Waals surface area contributed by atoms with E-state index >= 15 is 0 Å². The lowest BCUT2D eigenvalue weighted by atomic mass is 10.1. The summed E-state index contributed by atoms with van der Waals surface area (Å²) >= 11 is 0. The Hall–Kier alpha value is -2.04. The summed E-state index contributed by atoms with van der Waals surface area (Å²) in [6.45, 7) is 7.31. The number of rotatable bonds is 3. The van der Waals surface area contributed by atoms with Gasteiger partial charge in [-0.3, -0.25) is 0 Å². The van der Waals surface area contributed by atoms with Crippen molar-refractivity contribution in [1.82, 2.24) is 5.32 Å². The topological polar surface area (TPSA) is 51.5 Å². The summed E-state index contributed by atoms with van der Waals surface area (Å²) in [5.74, 6) is -0.375. The minimum absolute atomic E-state index is 0.118. The molecule has 0 fully saturated rings. The van der Waals surface area contributed by atoms with E-state index in [0.717, 1.165) is 11.8 Å². The van der Waals surface area contributed by atoms with E-state index in [0.29, 0.717) is 17.4 Å². The van der Waals surface area contributed by atoms with Gasteiger partial charge < -0.3 is 14.5 Å². The van der Waals surface area contributed by atoms with E-state index in [9.17, 15) is 9.18 Å². The fourth-order valence-corrected chi connectivity index (χ4v) is 2.09. The first-order valence-corrected chi connectivity index (χ1v) is 6.90. The van der Waals surface area contributed by atoms with Gasteiger partial charge in [-0.2, -0.15) is 0 Å². The number of furan rings is 1. The van der Waals surface area contributed by atoms with Crippen molar-refractivity contribution in [2.24, 2.45) is 0 Å². The summed E-state index contributed by atoms with van der Waals surface area (Å²) in [7, 11) is 0. The number of fused-ring (bicyclic) bond motifs is 1. The van der Waals surface area contributed by atoms with E-state index in [1.165, 1.54) is 0 Å². The number of carbonyl (C=O) groups excluding carboxylic acids is 1. The van der Waals surface area contributed by atoms with Crippen LogP contribution < -0.4 is 5.32 Å². The lowest BCUT2D eigenvalue weighted by Gasteiger charge is -2.22. The van der Waals surface area contributed by atoms with Crippen molar-refractivity contribution in [3.63, 3.8) is 0 Å². The second-order valence-corrected chi connectivity index (χ2v) is 6.17. The first-order chi connectivity index (χ1) is 9.74. The lowest BCUT2D eigenvalue weighted by Crippen LogP contribution is -2.38. The van der Waals surface area contributed by atoms with Gasteiger partial charge in [-0.1, -0.05) is 6.07 Å². The number of benzene rings is 1. The average molecular weight is 293 g/mol. The Morgan fingerprint density at radius 3 is 2.81 bits per heavy atom. The number of carbonyl (C=O) groups is 1. The average Bonchev–Trinajstić information content (AvgIpc) is 2.68. The highest BCUT2D eigenvalue weighted by Crippen LogP contribution is 2.21. The monoisotopic (exact) mass is 293 g/mol. The molecule has 0 spiro atoms. The number of nitrogens with one attached hydrogen (secondary N) is 1. The molecule has 1 unspecified atom stereocenters. The molecule has 0 saturated carbocycles. The second kappa shape index (κ2) is 5.76. The Balaban J connectivity index is 1.99. The molecule has 1 atom stereocenters. The van der Waals surface area contributed by atoms with Gasteiger partial charge in [0.15, 0.2) is 5.82 Å². The number of hydrogen-bond donors (Lipinski definition) is 1. The summed E-state index contributed by atoms with van der Waals surface area (Å²) < 4.78 is 23.7. The van der Waals surface area contributed by atoms with Gasteiger partial charge in [0.25, 0.3) is 0 Å². The van der Waals surface area contributed by atoms with Gasteiger partial charge in [0.2, 0.25) is 0 Å². The van der Waals surface area contributed by atoms with Gasteiger partial charge in [-0.25, -0.2) is 9.18 Å². The van der Waals surface area contributed by atoms with Crippen molar-refractivity contribution in [2.45, 2.75) is 45.8 Å². The number of halogens is 1. The molecule has 0 radical (unpaired) electrons. The predicted octanol–water partition coefficient (Wildman–Crippen LogP) is 4.03. The van der Waals surface area contributed by atoms with Crippen LogP contribution in [0.4, 0.5) is 9.18 Å². The minimum atomic E-state index is -0.525. The number of alkyl carbamates (subject to hydrolysis) is 1. The van der Waals surface area contributed by atoms with Crippen molar-refractivity contribution < 1.29 is 18.3 Å². The largest absolute Gasteiger partial charge is 0.461 e. The Bertz CT molecular complexity index is 642. The van der Waals surface area contributed by atoms with E-state index in [2.05, 4.69) is 5.32 Å². The van der Waals surface area contributed by atoms with E-state index in [4.69, 9.17) is 9.15 Å². The molecule has 2 rings (SSSR count). The highest BCUT2D eigenvalue weighted by Gasteiger charge is 2.18. The molecular formula is C16H20FNO3. The molecule has 0 aliphatic heterocycles. The molecule has 0 aliphatic rings. The van der Waals surface area contributed by atoms with E-state index in [1.807, 2.05) is 33.8 Å². The number of hydrogen-bond acceptors (Lipinski definition) is 3. The van der Waals surface area contributed by atoms with Gasteiger partial charge in [0.05, 0.1) is 5.39 Å². The van der Waals surface area contributed by atoms with Crippen LogP contribution in [0.15, 0.2) is 28.9 Å². The highest BCUT2D eigenvalue weighted by molar-refractivity contribution is 5.78. The Labute approximate surface area is 123 Å². The molecule has 1 aromatic carbocycles. The van der Waals surface area contributed by atoms with Crippen LogP contribution in [0.5, 0.6) is 0 Å². The summed E-state index contributed by atoms with van der Waals surface area (Å²) in [6.07, 6.45) is 1.22. The second-order valence-electron chi connectivity index (χ2n) is 6.17. The molecule has 21 heavy (non-hydrogen) atoms. The molecule has 5 heteroatoms. The molecule has 1 N–H and O–H groups in total. The van der Waals surface area contributed by atoms with Crippen molar-refractivity contribution >= 4 is 17.1 Å². The minimum Gasteiger partial charge on any atom is -0.461 e. The van der Waals surface area contributed by atoms with E-state index < -0.39 is 11.7 Å². The van der Waals surface area contributed by atoms with Crippen molar-refractivity contribution in [3.05, 3.63) is 35.8 Å². The van der Waals surface area contributed by atoms with E-state index in [-0.39, 0.29) is 11.9 Å². The maximum absolute atomic E-state index is 13.5. The Morgan fingerprint density at radius 2 is 2.14 bits per heavy atom. The fraction of sp³-hybridized carbons (Fsp3) is 0.438. The quantitative estimate of drug-likeness (QED) is 0.929. The highest BCUT2D eigenvalue weighted by atomic mass is 19.1. The van der Waals surface area contributed by atoms with Gasteiger partial charge in [-0.15, -0.1) is 0 Å².